The maximum Gasteiger partial charge on any atom is 0.240 e. The average molecular weight is 478 g/mol. The number of rotatable bonds is 6. The molecule has 0 bridgehead atoms. The first-order valence-electron chi connectivity index (χ1n) is 10.3. The summed E-state index contributed by atoms with van der Waals surface area (Å²) in [5, 5.41) is 12.2. The average Bonchev–Trinajstić information content (AvgIpc) is 3.25. The summed E-state index contributed by atoms with van der Waals surface area (Å²) in [6.45, 7) is 0.242. The molecule has 1 amide bonds. The fourth-order valence-corrected chi connectivity index (χ4v) is 4.84. The van der Waals surface area contributed by atoms with Crippen LogP contribution >= 0.6 is 23.4 Å². The molecule has 2 heterocycles. The summed E-state index contributed by atoms with van der Waals surface area (Å²) < 4.78 is 7.66. The normalized spacial score (nSPS) is 17.0. The standard InChI is InChI=1S/C24H20ClN5O2S/c25-17-10-7-11-18(14-17)26-23(31)22-21(16-8-3-1-4-9-16)29-30-20(27-28-24(30)33-22)15-32-19-12-5-2-6-13-19/h1-14,21-22,29H,15H2,(H,26,31)/t21-,22-/m1/s1. The van der Waals surface area contributed by atoms with Crippen molar-refractivity contribution in [3.8, 4) is 5.75 Å². The van der Waals surface area contributed by atoms with E-state index < -0.39 is 5.25 Å². The second kappa shape index (κ2) is 9.56. The van der Waals surface area contributed by atoms with Crippen LogP contribution < -0.4 is 15.5 Å². The van der Waals surface area contributed by atoms with Gasteiger partial charge in [0.2, 0.25) is 11.1 Å². The minimum Gasteiger partial charge on any atom is -0.486 e. The van der Waals surface area contributed by atoms with E-state index in [1.807, 2.05) is 66.7 Å². The minimum atomic E-state index is -0.481. The molecular formula is C24H20ClN5O2S. The number of nitrogens with zero attached hydrogens (tertiary/aromatic N) is 3. The lowest BCUT2D eigenvalue weighted by atomic mass is 10.0. The Hall–Kier alpha value is -3.49. The van der Waals surface area contributed by atoms with Crippen molar-refractivity contribution in [3.05, 3.63) is 101 Å². The molecule has 3 aromatic carbocycles. The third-order valence-electron chi connectivity index (χ3n) is 5.12. The highest BCUT2D eigenvalue weighted by molar-refractivity contribution is 8.00. The van der Waals surface area contributed by atoms with Crippen LogP contribution in [-0.4, -0.2) is 26.0 Å². The quantitative estimate of drug-likeness (QED) is 0.410. The number of benzene rings is 3. The fraction of sp³-hybridized carbons (Fsp3) is 0.125. The van der Waals surface area contributed by atoms with Gasteiger partial charge in [0.1, 0.15) is 17.6 Å². The Labute approximate surface area is 200 Å². The van der Waals surface area contributed by atoms with Crippen molar-refractivity contribution in [2.75, 3.05) is 10.7 Å². The smallest absolute Gasteiger partial charge is 0.240 e. The van der Waals surface area contributed by atoms with Gasteiger partial charge in [-0.25, -0.2) is 4.68 Å². The molecule has 0 radical (unpaired) electrons. The van der Waals surface area contributed by atoms with Crippen LogP contribution in [0.15, 0.2) is 90.1 Å². The third kappa shape index (κ3) is 4.81. The van der Waals surface area contributed by atoms with Crippen molar-refractivity contribution >= 4 is 35.0 Å². The van der Waals surface area contributed by atoms with E-state index in [4.69, 9.17) is 16.3 Å². The second-order valence-electron chi connectivity index (χ2n) is 7.39. The van der Waals surface area contributed by atoms with Gasteiger partial charge >= 0.3 is 0 Å². The number of thioether (sulfide) groups is 1. The summed E-state index contributed by atoms with van der Waals surface area (Å²) in [5.74, 6) is 1.22. The number of halogens is 1. The molecule has 2 N–H and O–H groups in total. The lowest BCUT2D eigenvalue weighted by molar-refractivity contribution is -0.116. The Morgan fingerprint density at radius 2 is 1.79 bits per heavy atom. The van der Waals surface area contributed by atoms with E-state index in [9.17, 15) is 4.79 Å². The van der Waals surface area contributed by atoms with Crippen LogP contribution in [0.1, 0.15) is 17.4 Å². The lowest BCUT2D eigenvalue weighted by Gasteiger charge is -2.33. The molecule has 1 aliphatic heterocycles. The number of ether oxygens (including phenoxy) is 1. The molecule has 4 aromatic rings. The first-order chi connectivity index (χ1) is 16.2. The number of amides is 1. The highest BCUT2D eigenvalue weighted by atomic mass is 35.5. The highest BCUT2D eigenvalue weighted by Crippen LogP contribution is 2.37. The Bertz CT molecular complexity index is 1250. The van der Waals surface area contributed by atoms with Crippen molar-refractivity contribution < 1.29 is 9.53 Å². The first-order valence-corrected chi connectivity index (χ1v) is 11.6. The van der Waals surface area contributed by atoms with E-state index in [2.05, 4.69) is 20.9 Å². The van der Waals surface area contributed by atoms with Crippen LogP contribution in [0.25, 0.3) is 0 Å². The minimum absolute atomic E-state index is 0.153. The number of nitrogens with one attached hydrogen (secondary N) is 2. The summed E-state index contributed by atoms with van der Waals surface area (Å²) >= 11 is 7.44. The Morgan fingerprint density at radius 3 is 2.55 bits per heavy atom. The number of fused-ring (bicyclic) bond motifs is 1. The molecule has 1 aliphatic rings. The molecule has 0 unspecified atom stereocenters. The van der Waals surface area contributed by atoms with Crippen molar-refractivity contribution in [2.45, 2.75) is 23.1 Å². The zero-order valence-corrected chi connectivity index (χ0v) is 19.0. The number of hydrogen-bond acceptors (Lipinski definition) is 6. The second-order valence-corrected chi connectivity index (χ2v) is 8.94. The van der Waals surface area contributed by atoms with Crippen LogP contribution in [0.4, 0.5) is 5.69 Å². The van der Waals surface area contributed by atoms with E-state index in [0.29, 0.717) is 21.7 Å². The maximum absolute atomic E-state index is 13.3. The van der Waals surface area contributed by atoms with Gasteiger partial charge in [-0.3, -0.25) is 4.79 Å². The highest BCUT2D eigenvalue weighted by Gasteiger charge is 2.38. The molecule has 9 heteroatoms. The molecule has 33 heavy (non-hydrogen) atoms. The third-order valence-corrected chi connectivity index (χ3v) is 6.57. The van der Waals surface area contributed by atoms with Crippen LogP contribution in [0, 0.1) is 0 Å². The van der Waals surface area contributed by atoms with Crippen molar-refractivity contribution in [2.24, 2.45) is 0 Å². The number of carbonyl (C=O) groups excluding carboxylic acids is 1. The molecule has 166 valence electrons. The molecule has 5 rings (SSSR count). The number of aromatic nitrogens is 3. The first kappa shape index (κ1) is 21.4. The van der Waals surface area contributed by atoms with E-state index in [0.717, 1.165) is 11.3 Å². The van der Waals surface area contributed by atoms with Crippen LogP contribution in [0.5, 0.6) is 5.75 Å². The number of para-hydroxylation sites is 1. The van der Waals surface area contributed by atoms with E-state index in [1.54, 1.807) is 22.9 Å². The van der Waals surface area contributed by atoms with Gasteiger partial charge in [0.25, 0.3) is 0 Å². The maximum atomic E-state index is 13.3. The predicted molar refractivity (Wildman–Crippen MR) is 129 cm³/mol. The molecule has 0 aliphatic carbocycles. The zero-order chi connectivity index (χ0) is 22.6. The van der Waals surface area contributed by atoms with Gasteiger partial charge in [-0.2, -0.15) is 0 Å². The molecular weight excluding hydrogens is 458 g/mol. The number of anilines is 1. The van der Waals surface area contributed by atoms with Gasteiger partial charge in [-0.1, -0.05) is 78.0 Å². The summed E-state index contributed by atoms with van der Waals surface area (Å²) in [6, 6.07) is 26.2. The Morgan fingerprint density at radius 1 is 1.03 bits per heavy atom. The predicted octanol–water partition coefficient (Wildman–Crippen LogP) is 4.91. The lowest BCUT2D eigenvalue weighted by Crippen LogP contribution is -2.41. The summed E-state index contributed by atoms with van der Waals surface area (Å²) in [4.78, 5) is 13.3. The van der Waals surface area contributed by atoms with Crippen molar-refractivity contribution in [1.82, 2.24) is 14.9 Å². The number of hydrogen-bond donors (Lipinski definition) is 2. The molecule has 1 aromatic heterocycles. The van der Waals surface area contributed by atoms with E-state index in [1.165, 1.54) is 11.8 Å². The SMILES string of the molecule is O=C(Nc1cccc(Cl)c1)[C@@H]1Sc2nnc(COc3ccccc3)n2N[C@@H]1c1ccccc1. The van der Waals surface area contributed by atoms with Crippen molar-refractivity contribution in [3.63, 3.8) is 0 Å². The van der Waals surface area contributed by atoms with Gasteiger partial charge in [-0.05, 0) is 35.9 Å². The Balaban J connectivity index is 1.41. The van der Waals surface area contributed by atoms with Gasteiger partial charge in [0.15, 0.2) is 5.82 Å². The van der Waals surface area contributed by atoms with Gasteiger partial charge in [0, 0.05) is 10.7 Å². The molecule has 0 spiro atoms. The molecule has 0 saturated carbocycles. The van der Waals surface area contributed by atoms with Gasteiger partial charge < -0.3 is 15.5 Å². The topological polar surface area (TPSA) is 81.1 Å². The van der Waals surface area contributed by atoms with E-state index in [-0.39, 0.29) is 18.6 Å². The molecule has 7 nitrogen and oxygen atoms in total. The summed E-state index contributed by atoms with van der Waals surface area (Å²) in [7, 11) is 0. The monoisotopic (exact) mass is 477 g/mol. The number of carbonyl (C=O) groups is 1. The molecule has 0 saturated heterocycles. The molecule has 2 atom stereocenters. The summed E-state index contributed by atoms with van der Waals surface area (Å²) in [5.41, 5.74) is 5.05. The fourth-order valence-electron chi connectivity index (χ4n) is 3.55. The van der Waals surface area contributed by atoms with Crippen molar-refractivity contribution in [1.29, 1.82) is 0 Å². The Kier molecular flexibility index (Phi) is 6.19. The van der Waals surface area contributed by atoms with Gasteiger partial charge in [-0.15, -0.1) is 10.2 Å². The largest absolute Gasteiger partial charge is 0.486 e. The zero-order valence-electron chi connectivity index (χ0n) is 17.4. The summed E-state index contributed by atoms with van der Waals surface area (Å²) in [6.07, 6.45) is 0. The van der Waals surface area contributed by atoms with E-state index >= 15 is 0 Å². The van der Waals surface area contributed by atoms with Gasteiger partial charge in [0.05, 0.1) is 6.04 Å². The van der Waals surface area contributed by atoms with Crippen LogP contribution in [0.2, 0.25) is 5.02 Å². The van der Waals surface area contributed by atoms with Crippen LogP contribution in [-0.2, 0) is 11.4 Å². The van der Waals surface area contributed by atoms with Crippen LogP contribution in [0.3, 0.4) is 0 Å². The molecule has 0 fully saturated rings.